The first-order valence-corrected chi connectivity index (χ1v) is 3.92. The van der Waals surface area contributed by atoms with Crippen LogP contribution in [-0.4, -0.2) is 33.8 Å². The average Bonchev–Trinajstić information content (AvgIpc) is 2.56. The monoisotopic (exact) mass is 185 g/mol. The van der Waals surface area contributed by atoms with Gasteiger partial charge in [0.25, 0.3) is 0 Å². The number of nitrogens with zero attached hydrogens (tertiary/aromatic N) is 2. The number of aliphatic carboxylic acids is 1. The zero-order valence-electron chi connectivity index (χ0n) is 7.23. The van der Waals surface area contributed by atoms with Crippen LogP contribution in [0.4, 0.5) is 0 Å². The molecule has 1 heterocycles. The summed E-state index contributed by atoms with van der Waals surface area (Å²) >= 11 is 0. The van der Waals surface area contributed by atoms with Crippen molar-refractivity contribution in [2.24, 2.45) is 0 Å². The molecule has 0 saturated carbocycles. The molecular formula is C7H11N3O3. The third-order valence-corrected chi connectivity index (χ3v) is 1.57. The van der Waals surface area contributed by atoms with Crippen molar-refractivity contribution in [1.82, 2.24) is 15.5 Å². The van der Waals surface area contributed by atoms with E-state index in [0.717, 1.165) is 0 Å². The smallest absolute Gasteiger partial charge is 0.320 e. The van der Waals surface area contributed by atoms with Crippen LogP contribution in [0.15, 0.2) is 10.9 Å². The Balaban J connectivity index is 2.18. The van der Waals surface area contributed by atoms with Crippen molar-refractivity contribution in [2.45, 2.75) is 19.4 Å². The lowest BCUT2D eigenvalue weighted by Crippen LogP contribution is -2.35. The molecule has 13 heavy (non-hydrogen) atoms. The molecule has 72 valence electrons. The summed E-state index contributed by atoms with van der Waals surface area (Å²) in [5.74, 6) is -0.365. The number of rotatable bonds is 5. The quantitative estimate of drug-likeness (QED) is 0.653. The van der Waals surface area contributed by atoms with Crippen LogP contribution >= 0.6 is 0 Å². The number of carboxylic acid groups (broad SMARTS) is 1. The largest absolute Gasteiger partial charge is 0.480 e. The van der Waals surface area contributed by atoms with E-state index in [0.29, 0.717) is 18.9 Å². The molecule has 1 aromatic rings. The van der Waals surface area contributed by atoms with E-state index in [1.54, 1.807) is 6.92 Å². The molecule has 2 N–H and O–H groups in total. The van der Waals surface area contributed by atoms with Crippen molar-refractivity contribution in [3.63, 3.8) is 0 Å². The predicted octanol–water partition coefficient (Wildman–Crippen LogP) is -0.325. The normalized spacial score (nSPS) is 12.7. The SMILES string of the molecule is CC(NCCc1ncno1)C(=O)O. The molecule has 6 heteroatoms. The van der Waals surface area contributed by atoms with Crippen molar-refractivity contribution in [1.29, 1.82) is 0 Å². The molecule has 1 aromatic heterocycles. The van der Waals surface area contributed by atoms with E-state index in [9.17, 15) is 4.79 Å². The highest BCUT2D eigenvalue weighted by Crippen LogP contribution is 1.91. The van der Waals surface area contributed by atoms with E-state index in [2.05, 4.69) is 15.5 Å². The molecule has 0 aliphatic heterocycles. The third-order valence-electron chi connectivity index (χ3n) is 1.57. The van der Waals surface area contributed by atoms with Crippen LogP contribution in [0.1, 0.15) is 12.8 Å². The van der Waals surface area contributed by atoms with Crippen LogP contribution in [0, 0.1) is 0 Å². The van der Waals surface area contributed by atoms with Gasteiger partial charge in [0, 0.05) is 13.0 Å². The number of carbonyl (C=O) groups is 1. The Labute approximate surface area is 74.9 Å². The van der Waals surface area contributed by atoms with Crippen molar-refractivity contribution in [3.05, 3.63) is 12.2 Å². The van der Waals surface area contributed by atoms with E-state index in [1.165, 1.54) is 6.33 Å². The Morgan fingerprint density at radius 2 is 2.62 bits per heavy atom. The fourth-order valence-corrected chi connectivity index (χ4v) is 0.789. The Morgan fingerprint density at radius 1 is 1.85 bits per heavy atom. The maximum atomic E-state index is 10.4. The Hall–Kier alpha value is -1.43. The molecule has 0 spiro atoms. The van der Waals surface area contributed by atoms with Crippen molar-refractivity contribution in [3.8, 4) is 0 Å². The molecule has 1 rings (SSSR count). The minimum Gasteiger partial charge on any atom is -0.480 e. The summed E-state index contributed by atoms with van der Waals surface area (Å²) in [7, 11) is 0. The van der Waals surface area contributed by atoms with E-state index in [1.807, 2.05) is 0 Å². The lowest BCUT2D eigenvalue weighted by molar-refractivity contribution is -0.138. The standard InChI is InChI=1S/C7H11N3O3/c1-5(7(11)12)8-3-2-6-9-4-10-13-6/h4-5,8H,2-3H2,1H3,(H,11,12). The van der Waals surface area contributed by atoms with Crippen molar-refractivity contribution in [2.75, 3.05) is 6.54 Å². The highest BCUT2D eigenvalue weighted by atomic mass is 16.5. The molecule has 0 bridgehead atoms. The van der Waals surface area contributed by atoms with Crippen LogP contribution in [0.25, 0.3) is 0 Å². The van der Waals surface area contributed by atoms with E-state index in [4.69, 9.17) is 9.63 Å². The molecule has 0 aliphatic rings. The molecule has 0 amide bonds. The second-order valence-electron chi connectivity index (χ2n) is 2.60. The summed E-state index contributed by atoms with van der Waals surface area (Å²) < 4.78 is 4.73. The Bertz CT molecular complexity index is 260. The molecule has 0 aromatic carbocycles. The summed E-state index contributed by atoms with van der Waals surface area (Å²) in [5.41, 5.74) is 0. The molecule has 0 saturated heterocycles. The third kappa shape index (κ3) is 3.20. The average molecular weight is 185 g/mol. The summed E-state index contributed by atoms with van der Waals surface area (Å²) in [6, 6.07) is -0.553. The lowest BCUT2D eigenvalue weighted by atomic mass is 10.3. The van der Waals surface area contributed by atoms with Gasteiger partial charge >= 0.3 is 5.97 Å². The fraction of sp³-hybridized carbons (Fsp3) is 0.571. The maximum absolute atomic E-state index is 10.4. The van der Waals surface area contributed by atoms with Gasteiger partial charge in [0.05, 0.1) is 0 Å². The van der Waals surface area contributed by atoms with E-state index >= 15 is 0 Å². The molecule has 1 atom stereocenters. The summed E-state index contributed by atoms with van der Waals surface area (Å²) in [6.07, 6.45) is 1.85. The first kappa shape index (κ1) is 9.66. The van der Waals surface area contributed by atoms with Gasteiger partial charge in [-0.2, -0.15) is 4.98 Å². The Kier molecular flexibility index (Phi) is 3.39. The molecular weight excluding hydrogens is 174 g/mol. The second-order valence-corrected chi connectivity index (χ2v) is 2.60. The van der Waals surface area contributed by atoms with Crippen LogP contribution in [-0.2, 0) is 11.2 Å². The first-order valence-electron chi connectivity index (χ1n) is 3.92. The number of hydrogen-bond acceptors (Lipinski definition) is 5. The zero-order chi connectivity index (χ0) is 9.68. The van der Waals surface area contributed by atoms with Gasteiger partial charge in [-0.15, -0.1) is 0 Å². The van der Waals surface area contributed by atoms with Crippen molar-refractivity contribution >= 4 is 5.97 Å². The van der Waals surface area contributed by atoms with Crippen LogP contribution in [0.2, 0.25) is 0 Å². The first-order chi connectivity index (χ1) is 6.20. The molecule has 0 fully saturated rings. The molecule has 0 aliphatic carbocycles. The van der Waals surface area contributed by atoms with Crippen LogP contribution in [0.3, 0.4) is 0 Å². The summed E-state index contributed by atoms with van der Waals surface area (Å²) in [6.45, 7) is 2.09. The van der Waals surface area contributed by atoms with Crippen molar-refractivity contribution < 1.29 is 14.4 Å². The minimum absolute atomic E-state index is 0.505. The Morgan fingerprint density at radius 3 is 3.15 bits per heavy atom. The summed E-state index contributed by atoms with van der Waals surface area (Å²) in [4.78, 5) is 14.2. The van der Waals surface area contributed by atoms with Gasteiger partial charge in [-0.05, 0) is 6.92 Å². The number of carboxylic acids is 1. The van der Waals surface area contributed by atoms with Gasteiger partial charge in [-0.25, -0.2) is 0 Å². The van der Waals surface area contributed by atoms with Crippen LogP contribution < -0.4 is 5.32 Å². The molecule has 1 unspecified atom stereocenters. The number of nitrogens with one attached hydrogen (secondary N) is 1. The minimum atomic E-state index is -0.870. The van der Waals surface area contributed by atoms with Gasteiger partial charge in [-0.1, -0.05) is 5.16 Å². The van der Waals surface area contributed by atoms with Gasteiger partial charge in [0.1, 0.15) is 6.04 Å². The molecule has 0 radical (unpaired) electrons. The number of hydrogen-bond donors (Lipinski definition) is 2. The lowest BCUT2D eigenvalue weighted by Gasteiger charge is -2.06. The van der Waals surface area contributed by atoms with Gasteiger partial charge in [0.15, 0.2) is 6.33 Å². The van der Waals surface area contributed by atoms with Gasteiger partial charge < -0.3 is 14.9 Å². The second kappa shape index (κ2) is 4.56. The number of aromatic nitrogens is 2. The van der Waals surface area contributed by atoms with Gasteiger partial charge in [0.2, 0.25) is 5.89 Å². The highest BCUT2D eigenvalue weighted by molar-refractivity contribution is 5.72. The highest BCUT2D eigenvalue weighted by Gasteiger charge is 2.09. The van der Waals surface area contributed by atoms with E-state index < -0.39 is 12.0 Å². The van der Waals surface area contributed by atoms with Gasteiger partial charge in [-0.3, -0.25) is 4.79 Å². The van der Waals surface area contributed by atoms with Crippen LogP contribution in [0.5, 0.6) is 0 Å². The summed E-state index contributed by atoms with van der Waals surface area (Å²) in [5, 5.41) is 14.7. The maximum Gasteiger partial charge on any atom is 0.320 e. The molecule has 6 nitrogen and oxygen atoms in total. The fourth-order valence-electron chi connectivity index (χ4n) is 0.789. The zero-order valence-corrected chi connectivity index (χ0v) is 7.23. The topological polar surface area (TPSA) is 88.3 Å². The van der Waals surface area contributed by atoms with E-state index in [-0.39, 0.29) is 0 Å². The predicted molar refractivity (Wildman–Crippen MR) is 43.1 cm³/mol.